The van der Waals surface area contributed by atoms with Crippen LogP contribution in [0.3, 0.4) is 0 Å². The van der Waals surface area contributed by atoms with Crippen LogP contribution in [-0.2, 0) is 4.74 Å². The molecule has 1 aliphatic heterocycles. The summed E-state index contributed by atoms with van der Waals surface area (Å²) in [5.74, 6) is 1.29. The van der Waals surface area contributed by atoms with Crippen LogP contribution < -0.4 is 5.73 Å². The number of rotatable bonds is 5. The van der Waals surface area contributed by atoms with Crippen molar-refractivity contribution < 1.29 is 9.84 Å². The average molecular weight is 216 g/mol. The standard InChI is InChI=1S/C11H24N2O2/c1-9-3-4-13(6-10(9)5-12)7-11(14)8-15-2/h9-11,14H,3-8,12H2,1-2H3. The molecule has 0 amide bonds. The summed E-state index contributed by atoms with van der Waals surface area (Å²) in [6.07, 6.45) is 0.809. The lowest BCUT2D eigenvalue weighted by atomic mass is 9.87. The number of ether oxygens (including phenoxy) is 1. The van der Waals surface area contributed by atoms with Crippen molar-refractivity contribution in [3.63, 3.8) is 0 Å². The van der Waals surface area contributed by atoms with Gasteiger partial charge >= 0.3 is 0 Å². The molecule has 1 aliphatic rings. The van der Waals surface area contributed by atoms with Gasteiger partial charge in [0, 0.05) is 20.2 Å². The van der Waals surface area contributed by atoms with Gasteiger partial charge in [-0.15, -0.1) is 0 Å². The summed E-state index contributed by atoms with van der Waals surface area (Å²) in [5, 5.41) is 9.63. The Morgan fingerprint density at radius 2 is 2.33 bits per heavy atom. The molecule has 4 heteroatoms. The molecular weight excluding hydrogens is 192 g/mol. The van der Waals surface area contributed by atoms with Gasteiger partial charge in [-0.05, 0) is 31.3 Å². The third-order valence-corrected chi connectivity index (χ3v) is 3.33. The lowest BCUT2D eigenvalue weighted by molar-refractivity contribution is 0.0207. The summed E-state index contributed by atoms with van der Waals surface area (Å²) < 4.78 is 4.92. The number of hydrogen-bond acceptors (Lipinski definition) is 4. The zero-order chi connectivity index (χ0) is 11.3. The van der Waals surface area contributed by atoms with Gasteiger partial charge < -0.3 is 20.5 Å². The first-order valence-corrected chi connectivity index (χ1v) is 5.76. The number of nitrogens with zero attached hydrogens (tertiary/aromatic N) is 1. The van der Waals surface area contributed by atoms with E-state index in [9.17, 15) is 5.11 Å². The van der Waals surface area contributed by atoms with Gasteiger partial charge in [0.15, 0.2) is 0 Å². The third kappa shape index (κ3) is 4.07. The van der Waals surface area contributed by atoms with Gasteiger partial charge in [0.2, 0.25) is 0 Å². The van der Waals surface area contributed by atoms with Crippen LogP contribution in [0.4, 0.5) is 0 Å². The van der Waals surface area contributed by atoms with Crippen molar-refractivity contribution >= 4 is 0 Å². The molecule has 90 valence electrons. The van der Waals surface area contributed by atoms with Crippen molar-refractivity contribution in [2.24, 2.45) is 17.6 Å². The highest BCUT2D eigenvalue weighted by molar-refractivity contribution is 4.79. The van der Waals surface area contributed by atoms with Crippen LogP contribution in [0.15, 0.2) is 0 Å². The minimum absolute atomic E-state index is 0.373. The number of aliphatic hydroxyl groups is 1. The lowest BCUT2D eigenvalue weighted by Crippen LogP contribution is -2.46. The monoisotopic (exact) mass is 216 g/mol. The molecule has 0 aromatic rings. The molecule has 0 radical (unpaired) electrons. The summed E-state index contributed by atoms with van der Waals surface area (Å²) in [6, 6.07) is 0. The molecule has 0 saturated carbocycles. The van der Waals surface area contributed by atoms with Crippen molar-refractivity contribution in [1.82, 2.24) is 4.90 Å². The second-order valence-corrected chi connectivity index (χ2v) is 4.63. The maximum atomic E-state index is 9.63. The molecule has 1 saturated heterocycles. The van der Waals surface area contributed by atoms with Crippen molar-refractivity contribution in [1.29, 1.82) is 0 Å². The van der Waals surface area contributed by atoms with E-state index in [2.05, 4.69) is 11.8 Å². The Kier molecular flexibility index (Phi) is 5.53. The number of piperidine rings is 1. The van der Waals surface area contributed by atoms with Crippen molar-refractivity contribution in [3.05, 3.63) is 0 Å². The van der Waals surface area contributed by atoms with E-state index in [4.69, 9.17) is 10.5 Å². The second-order valence-electron chi connectivity index (χ2n) is 4.63. The van der Waals surface area contributed by atoms with Gasteiger partial charge in [-0.25, -0.2) is 0 Å². The SMILES string of the molecule is COCC(O)CN1CCC(C)C(CN)C1. The van der Waals surface area contributed by atoms with Gasteiger partial charge in [0.05, 0.1) is 12.7 Å². The van der Waals surface area contributed by atoms with Crippen molar-refractivity contribution in [2.45, 2.75) is 19.4 Å². The molecule has 3 N–H and O–H groups in total. The number of likely N-dealkylation sites (tertiary alicyclic amines) is 1. The van der Waals surface area contributed by atoms with Gasteiger partial charge in [0.25, 0.3) is 0 Å². The molecule has 0 aliphatic carbocycles. The highest BCUT2D eigenvalue weighted by atomic mass is 16.5. The number of methoxy groups -OCH3 is 1. The minimum atomic E-state index is -0.373. The Bertz CT molecular complexity index is 178. The molecule has 4 nitrogen and oxygen atoms in total. The molecule has 0 spiro atoms. The molecule has 1 heterocycles. The van der Waals surface area contributed by atoms with E-state index < -0.39 is 0 Å². The van der Waals surface area contributed by atoms with Crippen LogP contribution in [0.25, 0.3) is 0 Å². The van der Waals surface area contributed by atoms with Crippen LogP contribution >= 0.6 is 0 Å². The Morgan fingerprint density at radius 3 is 2.93 bits per heavy atom. The Balaban J connectivity index is 2.31. The van der Waals surface area contributed by atoms with Crippen LogP contribution in [0.5, 0.6) is 0 Å². The lowest BCUT2D eigenvalue weighted by Gasteiger charge is -2.37. The fraction of sp³-hybridized carbons (Fsp3) is 1.00. The van der Waals surface area contributed by atoms with E-state index >= 15 is 0 Å². The van der Waals surface area contributed by atoms with Gasteiger partial charge in [-0.3, -0.25) is 0 Å². The molecule has 0 bridgehead atoms. The zero-order valence-electron chi connectivity index (χ0n) is 9.85. The summed E-state index contributed by atoms with van der Waals surface area (Å²) in [5.41, 5.74) is 5.73. The van der Waals surface area contributed by atoms with E-state index in [0.717, 1.165) is 19.6 Å². The topological polar surface area (TPSA) is 58.7 Å². The first-order valence-electron chi connectivity index (χ1n) is 5.76. The molecule has 0 aromatic heterocycles. The predicted octanol–water partition coefficient (Wildman–Crippen LogP) is -0.0896. The Morgan fingerprint density at radius 1 is 1.60 bits per heavy atom. The number of hydrogen-bond donors (Lipinski definition) is 2. The fourth-order valence-corrected chi connectivity index (χ4v) is 2.24. The molecule has 1 rings (SSSR count). The van der Waals surface area contributed by atoms with E-state index in [1.807, 2.05) is 0 Å². The smallest absolute Gasteiger partial charge is 0.0900 e. The van der Waals surface area contributed by atoms with Crippen LogP contribution in [0, 0.1) is 11.8 Å². The van der Waals surface area contributed by atoms with E-state index in [0.29, 0.717) is 25.0 Å². The first kappa shape index (κ1) is 12.9. The first-order chi connectivity index (χ1) is 7.17. The molecule has 3 atom stereocenters. The summed E-state index contributed by atoms with van der Waals surface area (Å²) in [4.78, 5) is 2.29. The summed E-state index contributed by atoms with van der Waals surface area (Å²) in [6.45, 7) is 6.21. The van der Waals surface area contributed by atoms with Gasteiger partial charge in [-0.2, -0.15) is 0 Å². The van der Waals surface area contributed by atoms with Crippen molar-refractivity contribution in [3.8, 4) is 0 Å². The predicted molar refractivity (Wildman–Crippen MR) is 60.6 cm³/mol. The highest BCUT2D eigenvalue weighted by Crippen LogP contribution is 2.22. The molecule has 1 fully saturated rings. The summed E-state index contributed by atoms with van der Waals surface area (Å²) in [7, 11) is 1.62. The van der Waals surface area contributed by atoms with E-state index in [1.165, 1.54) is 6.42 Å². The largest absolute Gasteiger partial charge is 0.389 e. The quantitative estimate of drug-likeness (QED) is 0.674. The number of nitrogens with two attached hydrogens (primary N) is 1. The maximum Gasteiger partial charge on any atom is 0.0900 e. The molecule has 15 heavy (non-hydrogen) atoms. The van der Waals surface area contributed by atoms with Gasteiger partial charge in [0.1, 0.15) is 0 Å². The maximum absolute atomic E-state index is 9.63. The van der Waals surface area contributed by atoms with Crippen LogP contribution in [0.2, 0.25) is 0 Å². The molecule has 3 unspecified atom stereocenters. The van der Waals surface area contributed by atoms with Crippen molar-refractivity contribution in [2.75, 3.05) is 39.9 Å². The Labute approximate surface area is 92.4 Å². The zero-order valence-corrected chi connectivity index (χ0v) is 9.85. The van der Waals surface area contributed by atoms with Gasteiger partial charge in [-0.1, -0.05) is 6.92 Å². The number of aliphatic hydroxyl groups excluding tert-OH is 1. The van der Waals surface area contributed by atoms with Crippen LogP contribution in [-0.4, -0.2) is 56.0 Å². The van der Waals surface area contributed by atoms with Crippen LogP contribution in [0.1, 0.15) is 13.3 Å². The second kappa shape index (κ2) is 6.43. The summed E-state index contributed by atoms with van der Waals surface area (Å²) >= 11 is 0. The minimum Gasteiger partial charge on any atom is -0.389 e. The normalized spacial score (nSPS) is 30.4. The Hall–Kier alpha value is -0.160. The van der Waals surface area contributed by atoms with E-state index in [-0.39, 0.29) is 6.10 Å². The van der Waals surface area contributed by atoms with E-state index in [1.54, 1.807) is 7.11 Å². The molecule has 0 aromatic carbocycles. The molecular formula is C11H24N2O2. The highest BCUT2D eigenvalue weighted by Gasteiger charge is 2.25. The fourth-order valence-electron chi connectivity index (χ4n) is 2.24. The average Bonchev–Trinajstić information content (AvgIpc) is 2.21. The third-order valence-electron chi connectivity index (χ3n) is 3.33. The number of β-amino-alcohol motifs (C(OH)–C–C–N with tert-alkyl or cyclic N) is 1.